The van der Waals surface area contributed by atoms with Gasteiger partial charge in [-0.25, -0.2) is 0 Å². The van der Waals surface area contributed by atoms with E-state index in [4.69, 9.17) is 4.74 Å². The smallest absolute Gasteiger partial charge is 0.254 e. The summed E-state index contributed by atoms with van der Waals surface area (Å²) in [5.74, 6) is -0.209. The van der Waals surface area contributed by atoms with Gasteiger partial charge in [0.25, 0.3) is 5.91 Å². The fourth-order valence-electron chi connectivity index (χ4n) is 2.16. The van der Waals surface area contributed by atoms with Crippen LogP contribution in [0.5, 0.6) is 0 Å². The molecule has 5 nitrogen and oxygen atoms in total. The first-order chi connectivity index (χ1) is 9.22. The lowest BCUT2D eigenvalue weighted by Crippen LogP contribution is -2.37. The van der Waals surface area contributed by atoms with E-state index in [9.17, 15) is 9.59 Å². The molecule has 1 N–H and O–H groups in total. The van der Waals surface area contributed by atoms with Gasteiger partial charge in [-0.3, -0.25) is 9.59 Å². The zero-order chi connectivity index (χ0) is 13.7. The molecule has 5 heteroatoms. The Labute approximate surface area is 112 Å². The van der Waals surface area contributed by atoms with E-state index in [0.717, 1.165) is 12.0 Å². The van der Waals surface area contributed by atoms with Crippen LogP contribution in [-0.4, -0.2) is 43.5 Å². The molecule has 0 saturated carbocycles. The fourth-order valence-corrected chi connectivity index (χ4v) is 2.16. The molecule has 0 aromatic heterocycles. The van der Waals surface area contributed by atoms with E-state index >= 15 is 0 Å². The number of amides is 2. The lowest BCUT2D eigenvalue weighted by molar-refractivity contribution is -0.121. The molecular weight excluding hydrogens is 244 g/mol. The molecule has 0 bridgehead atoms. The highest BCUT2D eigenvalue weighted by molar-refractivity contribution is 5.97. The van der Waals surface area contributed by atoms with E-state index in [1.165, 1.54) is 0 Å². The average molecular weight is 262 g/mol. The van der Waals surface area contributed by atoms with Gasteiger partial charge in [-0.05, 0) is 18.1 Å². The van der Waals surface area contributed by atoms with Crippen molar-refractivity contribution < 1.29 is 14.3 Å². The Hall–Kier alpha value is -1.88. The molecule has 1 heterocycles. The van der Waals surface area contributed by atoms with Gasteiger partial charge in [-0.1, -0.05) is 18.2 Å². The van der Waals surface area contributed by atoms with Gasteiger partial charge in [0.05, 0.1) is 13.2 Å². The molecule has 19 heavy (non-hydrogen) atoms. The molecule has 0 atom stereocenters. The van der Waals surface area contributed by atoms with Crippen molar-refractivity contribution in [3.8, 4) is 0 Å². The topological polar surface area (TPSA) is 58.6 Å². The lowest BCUT2D eigenvalue weighted by atomic mass is 10.1. The van der Waals surface area contributed by atoms with Gasteiger partial charge >= 0.3 is 0 Å². The van der Waals surface area contributed by atoms with Crippen LogP contribution in [0, 0.1) is 0 Å². The van der Waals surface area contributed by atoms with Crippen molar-refractivity contribution >= 4 is 11.8 Å². The van der Waals surface area contributed by atoms with Gasteiger partial charge in [0.15, 0.2) is 0 Å². The quantitative estimate of drug-likeness (QED) is 0.876. The molecular formula is C14H18N2O3. The summed E-state index contributed by atoms with van der Waals surface area (Å²) in [7, 11) is 1.60. The van der Waals surface area contributed by atoms with E-state index < -0.39 is 0 Å². The molecule has 1 fully saturated rings. The molecule has 0 radical (unpaired) electrons. The second-order valence-corrected chi connectivity index (χ2v) is 4.52. The highest BCUT2D eigenvalue weighted by atomic mass is 16.5. The molecule has 1 aliphatic rings. The maximum atomic E-state index is 12.5. The molecule has 102 valence electrons. The van der Waals surface area contributed by atoms with Gasteiger partial charge in [0.2, 0.25) is 5.91 Å². The highest BCUT2D eigenvalue weighted by Gasteiger charge is 2.22. The Morgan fingerprint density at radius 2 is 2.21 bits per heavy atom. The van der Waals surface area contributed by atoms with Gasteiger partial charge in [0.1, 0.15) is 0 Å². The monoisotopic (exact) mass is 262 g/mol. The maximum absolute atomic E-state index is 12.5. The fraction of sp³-hybridized carbons (Fsp3) is 0.429. The van der Waals surface area contributed by atoms with Crippen LogP contribution in [0.4, 0.5) is 0 Å². The normalized spacial score (nSPS) is 15.8. The zero-order valence-corrected chi connectivity index (χ0v) is 11.0. The van der Waals surface area contributed by atoms with E-state index in [0.29, 0.717) is 25.3 Å². The number of carbonyl (C=O) groups excluding carboxylic acids is 2. The van der Waals surface area contributed by atoms with Crippen molar-refractivity contribution in [2.24, 2.45) is 0 Å². The number of rotatable bonds is 3. The van der Waals surface area contributed by atoms with E-state index in [1.807, 2.05) is 18.2 Å². The first-order valence-corrected chi connectivity index (χ1v) is 6.35. The molecule has 1 aliphatic heterocycles. The van der Waals surface area contributed by atoms with E-state index in [1.54, 1.807) is 18.1 Å². The number of hydrogen-bond donors (Lipinski definition) is 1. The van der Waals surface area contributed by atoms with Crippen LogP contribution in [0.2, 0.25) is 0 Å². The van der Waals surface area contributed by atoms with Crippen LogP contribution in [0.1, 0.15) is 22.3 Å². The molecule has 2 rings (SSSR count). The number of hydrogen-bond acceptors (Lipinski definition) is 3. The number of ether oxygens (including phenoxy) is 1. The lowest BCUT2D eigenvalue weighted by Gasteiger charge is -2.20. The van der Waals surface area contributed by atoms with Crippen LogP contribution in [-0.2, 0) is 16.1 Å². The standard InChI is InChI=1S/C14H18N2O3/c1-19-10-11-5-2-3-6-12(11)14(18)16-8-4-7-15-13(17)9-16/h2-3,5-6H,4,7-10H2,1H3,(H,15,17). The average Bonchev–Trinajstić information content (AvgIpc) is 2.64. The third-order valence-corrected chi connectivity index (χ3v) is 3.10. The van der Waals surface area contributed by atoms with Crippen LogP contribution >= 0.6 is 0 Å². The minimum atomic E-state index is -0.107. The number of carbonyl (C=O) groups is 2. The molecule has 1 saturated heterocycles. The summed E-state index contributed by atoms with van der Waals surface area (Å²) in [4.78, 5) is 25.6. The van der Waals surface area contributed by atoms with Crippen LogP contribution in [0.3, 0.4) is 0 Å². The largest absolute Gasteiger partial charge is 0.380 e. The molecule has 2 amide bonds. The Morgan fingerprint density at radius 3 is 3.00 bits per heavy atom. The van der Waals surface area contributed by atoms with Crippen molar-refractivity contribution in [2.75, 3.05) is 26.7 Å². The number of nitrogens with zero attached hydrogens (tertiary/aromatic N) is 1. The SMILES string of the molecule is COCc1ccccc1C(=O)N1CCCNC(=O)C1. The number of nitrogens with one attached hydrogen (secondary N) is 1. The number of benzene rings is 1. The molecule has 0 spiro atoms. The van der Waals surface area contributed by atoms with Gasteiger partial charge in [-0.2, -0.15) is 0 Å². The molecule has 1 aromatic carbocycles. The van der Waals surface area contributed by atoms with E-state index in [2.05, 4.69) is 5.32 Å². The minimum Gasteiger partial charge on any atom is -0.380 e. The molecule has 0 aliphatic carbocycles. The van der Waals surface area contributed by atoms with Crippen molar-refractivity contribution in [1.29, 1.82) is 0 Å². The summed E-state index contributed by atoms with van der Waals surface area (Å²) in [6.45, 7) is 1.74. The maximum Gasteiger partial charge on any atom is 0.254 e. The van der Waals surface area contributed by atoms with Gasteiger partial charge < -0.3 is 15.0 Å². The Bertz CT molecular complexity index is 474. The van der Waals surface area contributed by atoms with Crippen LogP contribution in [0.25, 0.3) is 0 Å². The van der Waals surface area contributed by atoms with Crippen molar-refractivity contribution in [1.82, 2.24) is 10.2 Å². The Balaban J connectivity index is 2.20. The van der Waals surface area contributed by atoms with Gasteiger partial charge in [-0.15, -0.1) is 0 Å². The third kappa shape index (κ3) is 3.32. The third-order valence-electron chi connectivity index (χ3n) is 3.10. The van der Waals surface area contributed by atoms with E-state index in [-0.39, 0.29) is 18.4 Å². The second-order valence-electron chi connectivity index (χ2n) is 4.52. The summed E-state index contributed by atoms with van der Waals surface area (Å²) in [6, 6.07) is 7.35. The summed E-state index contributed by atoms with van der Waals surface area (Å²) >= 11 is 0. The van der Waals surface area contributed by atoms with Crippen molar-refractivity contribution in [3.63, 3.8) is 0 Å². The Kier molecular flexibility index (Phi) is 4.52. The zero-order valence-electron chi connectivity index (χ0n) is 11.0. The summed E-state index contributed by atoms with van der Waals surface area (Å²) < 4.78 is 5.10. The predicted octanol–water partition coefficient (Wildman–Crippen LogP) is 0.795. The van der Waals surface area contributed by atoms with Gasteiger partial charge in [0, 0.05) is 25.8 Å². The summed E-state index contributed by atoms with van der Waals surface area (Å²) in [5.41, 5.74) is 1.46. The highest BCUT2D eigenvalue weighted by Crippen LogP contribution is 2.13. The minimum absolute atomic E-state index is 0.102. The molecule has 0 unspecified atom stereocenters. The van der Waals surface area contributed by atoms with Crippen molar-refractivity contribution in [3.05, 3.63) is 35.4 Å². The summed E-state index contributed by atoms with van der Waals surface area (Å²) in [6.07, 6.45) is 0.782. The predicted molar refractivity (Wildman–Crippen MR) is 70.7 cm³/mol. The Morgan fingerprint density at radius 1 is 1.42 bits per heavy atom. The first kappa shape index (κ1) is 13.5. The second kappa shape index (κ2) is 6.33. The number of methoxy groups -OCH3 is 1. The van der Waals surface area contributed by atoms with Crippen LogP contribution < -0.4 is 5.32 Å². The first-order valence-electron chi connectivity index (χ1n) is 6.35. The van der Waals surface area contributed by atoms with Crippen molar-refractivity contribution in [2.45, 2.75) is 13.0 Å². The summed E-state index contributed by atoms with van der Waals surface area (Å²) in [5, 5.41) is 2.76. The molecule has 1 aromatic rings. The van der Waals surface area contributed by atoms with Crippen LogP contribution in [0.15, 0.2) is 24.3 Å².